The number of rotatable bonds is 2. The van der Waals surface area contributed by atoms with Gasteiger partial charge in [0.2, 0.25) is 0 Å². The fraction of sp³-hybridized carbons (Fsp3) is 0.357. The molecule has 1 aliphatic carbocycles. The maximum Gasteiger partial charge on any atom is 0.119 e. The first kappa shape index (κ1) is 11.3. The van der Waals surface area contributed by atoms with Crippen molar-refractivity contribution in [1.29, 1.82) is 0 Å². The number of fused-ring (bicyclic) bond motifs is 1. The Kier molecular flexibility index (Phi) is 2.80. The molecule has 4 heteroatoms. The van der Waals surface area contributed by atoms with Crippen LogP contribution < -0.4 is 4.74 Å². The van der Waals surface area contributed by atoms with Gasteiger partial charge in [0.1, 0.15) is 5.75 Å². The summed E-state index contributed by atoms with van der Waals surface area (Å²) in [5, 5.41) is 10.5. The highest BCUT2D eigenvalue weighted by Gasteiger charge is 2.29. The Morgan fingerprint density at radius 1 is 1.44 bits per heavy atom. The van der Waals surface area contributed by atoms with Gasteiger partial charge >= 0.3 is 0 Å². The van der Waals surface area contributed by atoms with Crippen molar-refractivity contribution in [2.24, 2.45) is 0 Å². The van der Waals surface area contributed by atoms with Gasteiger partial charge in [0.15, 0.2) is 0 Å². The van der Waals surface area contributed by atoms with E-state index in [9.17, 15) is 5.11 Å². The van der Waals surface area contributed by atoms with Crippen LogP contribution in [-0.4, -0.2) is 21.8 Å². The first-order chi connectivity index (χ1) is 8.79. The predicted octanol–water partition coefficient (Wildman–Crippen LogP) is 2.11. The van der Waals surface area contributed by atoms with Crippen molar-refractivity contribution in [2.75, 3.05) is 7.11 Å². The third-order valence-electron chi connectivity index (χ3n) is 3.65. The number of aromatic nitrogens is 2. The summed E-state index contributed by atoms with van der Waals surface area (Å²) >= 11 is 0. The molecule has 2 aromatic rings. The maximum absolute atomic E-state index is 10.5. The Morgan fingerprint density at radius 2 is 2.33 bits per heavy atom. The van der Waals surface area contributed by atoms with Crippen molar-refractivity contribution >= 4 is 0 Å². The largest absolute Gasteiger partial charge is 0.497 e. The second-order valence-corrected chi connectivity index (χ2v) is 4.63. The summed E-state index contributed by atoms with van der Waals surface area (Å²) in [6, 6.07) is 5.96. The fourth-order valence-corrected chi connectivity index (χ4v) is 2.66. The number of imidazole rings is 1. The average Bonchev–Trinajstić information content (AvgIpc) is 2.92. The molecule has 0 radical (unpaired) electrons. The summed E-state index contributed by atoms with van der Waals surface area (Å²) in [6.45, 7) is 0. The highest BCUT2D eigenvalue weighted by atomic mass is 16.5. The van der Waals surface area contributed by atoms with Crippen LogP contribution in [0.25, 0.3) is 0 Å². The van der Waals surface area contributed by atoms with E-state index in [0.717, 1.165) is 24.2 Å². The minimum absolute atomic E-state index is 0.0772. The molecule has 94 valence electrons. The third kappa shape index (κ3) is 1.78. The minimum atomic E-state index is -0.478. The molecular formula is C14H16N2O2. The molecule has 0 saturated carbocycles. The van der Waals surface area contributed by atoms with Crippen LogP contribution in [0.1, 0.15) is 29.7 Å². The summed E-state index contributed by atoms with van der Waals surface area (Å²) in [5.74, 6) is 0.849. The van der Waals surface area contributed by atoms with Gasteiger partial charge in [-0.1, -0.05) is 6.07 Å². The van der Waals surface area contributed by atoms with Gasteiger partial charge in [0, 0.05) is 12.4 Å². The van der Waals surface area contributed by atoms with Gasteiger partial charge in [-0.15, -0.1) is 0 Å². The molecule has 1 aliphatic rings. The van der Waals surface area contributed by atoms with Crippen LogP contribution in [0.4, 0.5) is 0 Å². The van der Waals surface area contributed by atoms with E-state index in [2.05, 4.69) is 4.98 Å². The molecule has 3 rings (SSSR count). The van der Waals surface area contributed by atoms with Gasteiger partial charge in [-0.2, -0.15) is 0 Å². The molecule has 0 bridgehead atoms. The molecule has 2 unspecified atom stereocenters. The highest BCUT2D eigenvalue weighted by Crippen LogP contribution is 2.38. The first-order valence-corrected chi connectivity index (χ1v) is 6.12. The molecule has 0 fully saturated rings. The summed E-state index contributed by atoms with van der Waals surface area (Å²) < 4.78 is 7.20. The van der Waals surface area contributed by atoms with Crippen molar-refractivity contribution in [3.05, 3.63) is 48.0 Å². The van der Waals surface area contributed by atoms with Gasteiger partial charge in [0.25, 0.3) is 0 Å². The lowest BCUT2D eigenvalue weighted by Crippen LogP contribution is -2.23. The smallest absolute Gasteiger partial charge is 0.119 e. The summed E-state index contributed by atoms with van der Waals surface area (Å²) in [4.78, 5) is 4.05. The molecule has 0 spiro atoms. The maximum atomic E-state index is 10.5. The van der Waals surface area contributed by atoms with E-state index < -0.39 is 6.10 Å². The second-order valence-electron chi connectivity index (χ2n) is 4.63. The highest BCUT2D eigenvalue weighted by molar-refractivity contribution is 5.39. The Balaban J connectivity index is 1.95. The zero-order valence-electron chi connectivity index (χ0n) is 10.3. The van der Waals surface area contributed by atoms with Crippen molar-refractivity contribution < 1.29 is 9.84 Å². The molecule has 0 saturated heterocycles. The molecular weight excluding hydrogens is 228 g/mol. The van der Waals surface area contributed by atoms with E-state index in [1.54, 1.807) is 19.6 Å². The number of nitrogens with zero attached hydrogens (tertiary/aromatic N) is 2. The van der Waals surface area contributed by atoms with Gasteiger partial charge in [-0.3, -0.25) is 0 Å². The van der Waals surface area contributed by atoms with Crippen LogP contribution in [-0.2, 0) is 6.42 Å². The van der Waals surface area contributed by atoms with E-state index in [-0.39, 0.29) is 6.04 Å². The molecule has 2 atom stereocenters. The van der Waals surface area contributed by atoms with Crippen LogP contribution in [0.3, 0.4) is 0 Å². The zero-order valence-corrected chi connectivity index (χ0v) is 10.3. The third-order valence-corrected chi connectivity index (χ3v) is 3.65. The normalized spacial score (nSPS) is 22.6. The standard InChI is InChI=1S/C14H16N2O2/c1-18-11-3-4-12-10(8-11)2-5-13(14(12)17)16-7-6-15-9-16/h3-4,6-9,13-14,17H,2,5H2,1H3. The van der Waals surface area contributed by atoms with E-state index in [0.29, 0.717) is 0 Å². The number of ether oxygens (including phenoxy) is 1. The topological polar surface area (TPSA) is 47.3 Å². The summed E-state index contributed by atoms with van der Waals surface area (Å²) in [7, 11) is 1.66. The van der Waals surface area contributed by atoms with Gasteiger partial charge in [0.05, 0.1) is 25.6 Å². The Bertz CT molecular complexity index is 537. The molecule has 1 heterocycles. The van der Waals surface area contributed by atoms with Gasteiger partial charge in [-0.25, -0.2) is 4.98 Å². The number of aryl methyl sites for hydroxylation is 1. The van der Waals surface area contributed by atoms with E-state index >= 15 is 0 Å². The molecule has 0 amide bonds. The summed E-state index contributed by atoms with van der Waals surface area (Å²) in [5.41, 5.74) is 2.18. The van der Waals surface area contributed by atoms with Crippen LogP contribution in [0, 0.1) is 0 Å². The fourth-order valence-electron chi connectivity index (χ4n) is 2.66. The number of benzene rings is 1. The molecule has 0 aliphatic heterocycles. The monoisotopic (exact) mass is 244 g/mol. The molecule has 1 N–H and O–H groups in total. The molecule has 4 nitrogen and oxygen atoms in total. The summed E-state index contributed by atoms with van der Waals surface area (Å²) in [6.07, 6.45) is 6.81. The van der Waals surface area contributed by atoms with Gasteiger partial charge in [-0.05, 0) is 36.1 Å². The zero-order chi connectivity index (χ0) is 12.5. The minimum Gasteiger partial charge on any atom is -0.497 e. The Morgan fingerprint density at radius 3 is 3.06 bits per heavy atom. The lowest BCUT2D eigenvalue weighted by molar-refractivity contribution is 0.0987. The van der Waals surface area contributed by atoms with Crippen molar-refractivity contribution in [2.45, 2.75) is 25.0 Å². The van der Waals surface area contributed by atoms with Crippen LogP contribution in [0.5, 0.6) is 5.75 Å². The number of methoxy groups -OCH3 is 1. The van der Waals surface area contributed by atoms with E-state index in [4.69, 9.17) is 4.74 Å². The van der Waals surface area contributed by atoms with Gasteiger partial charge < -0.3 is 14.4 Å². The number of hydrogen-bond donors (Lipinski definition) is 1. The second kappa shape index (κ2) is 4.46. The lowest BCUT2D eigenvalue weighted by Gasteiger charge is -2.31. The van der Waals surface area contributed by atoms with Crippen molar-refractivity contribution in [1.82, 2.24) is 9.55 Å². The van der Waals surface area contributed by atoms with E-state index in [1.165, 1.54) is 5.56 Å². The molecule has 1 aromatic carbocycles. The Labute approximate surface area is 106 Å². The van der Waals surface area contributed by atoms with Crippen LogP contribution in [0.2, 0.25) is 0 Å². The van der Waals surface area contributed by atoms with Crippen LogP contribution >= 0.6 is 0 Å². The molecule has 1 aromatic heterocycles. The number of aliphatic hydroxyl groups is 1. The SMILES string of the molecule is COc1ccc2c(c1)CCC(n1ccnc1)C2O. The van der Waals surface area contributed by atoms with E-state index in [1.807, 2.05) is 29.0 Å². The predicted molar refractivity (Wildman–Crippen MR) is 67.5 cm³/mol. The van der Waals surface area contributed by atoms with Crippen LogP contribution in [0.15, 0.2) is 36.9 Å². The van der Waals surface area contributed by atoms with Crippen molar-refractivity contribution in [3.63, 3.8) is 0 Å². The Hall–Kier alpha value is -1.81. The quantitative estimate of drug-likeness (QED) is 0.880. The molecule has 18 heavy (non-hydrogen) atoms. The number of aliphatic hydroxyl groups excluding tert-OH is 1. The average molecular weight is 244 g/mol. The number of hydrogen-bond acceptors (Lipinski definition) is 3. The first-order valence-electron chi connectivity index (χ1n) is 6.12. The van der Waals surface area contributed by atoms with Crippen molar-refractivity contribution in [3.8, 4) is 5.75 Å². The lowest BCUT2D eigenvalue weighted by atomic mass is 9.85.